The number of thiophene rings is 3. The average molecular weight is 1170 g/mol. The van der Waals surface area contributed by atoms with Crippen molar-refractivity contribution in [2.75, 3.05) is 16.4 Å². The Kier molecular flexibility index (Phi) is 26.3. The fraction of sp³-hybridized carbons (Fsp3) is 0.0400. The van der Waals surface area contributed by atoms with Gasteiger partial charge in [-0.3, -0.25) is 30.3 Å². The molecule has 2 amide bonds. The summed E-state index contributed by atoms with van der Waals surface area (Å²) in [6.07, 6.45) is -2.41. The van der Waals surface area contributed by atoms with Crippen LogP contribution >= 0.6 is 57.2 Å². The van der Waals surface area contributed by atoms with Crippen molar-refractivity contribution >= 4 is 121 Å². The van der Waals surface area contributed by atoms with Gasteiger partial charge in [-0.1, -0.05) is 105 Å². The van der Waals surface area contributed by atoms with Crippen molar-refractivity contribution in [1.29, 1.82) is 0 Å². The number of para-hydroxylation sites is 3. The van der Waals surface area contributed by atoms with Gasteiger partial charge < -0.3 is 35.7 Å². The molecule has 29 heteroatoms. The average Bonchev–Trinajstić information content (AvgIpc) is 4.25. The number of carbonyl (C=O) groups excluding carboxylic acids is 3. The van der Waals surface area contributed by atoms with Crippen LogP contribution in [-0.2, 0) is 0 Å². The summed E-state index contributed by atoms with van der Waals surface area (Å²) in [5.74, 6) is -0.00202. The van der Waals surface area contributed by atoms with Crippen LogP contribution in [0.2, 0.25) is 5.15 Å². The van der Waals surface area contributed by atoms with Crippen molar-refractivity contribution in [3.8, 4) is 38.4 Å². The van der Waals surface area contributed by atoms with E-state index in [0.29, 0.717) is 31.7 Å². The lowest BCUT2D eigenvalue weighted by Crippen LogP contribution is -2.42. The number of nitrogens with zero attached hydrogens (tertiary/aromatic N) is 7. The van der Waals surface area contributed by atoms with Crippen LogP contribution in [0.3, 0.4) is 0 Å². The predicted molar refractivity (Wildman–Crippen MR) is 306 cm³/mol. The number of halogens is 2. The summed E-state index contributed by atoms with van der Waals surface area (Å²) in [5.41, 5.74) is 9.91. The maximum absolute atomic E-state index is 13.1. The number of anilines is 3. The van der Waals surface area contributed by atoms with Crippen LogP contribution in [0, 0.1) is 30.3 Å². The number of hydrogen-bond donors (Lipinski definition) is 4. The van der Waals surface area contributed by atoms with Crippen molar-refractivity contribution < 1.29 is 53.4 Å². The first-order chi connectivity index (χ1) is 36.9. The minimum atomic E-state index is -1.30. The van der Waals surface area contributed by atoms with Crippen LogP contribution in [0.1, 0.15) is 14.9 Å². The highest BCUT2D eigenvalue weighted by Crippen LogP contribution is 2.33. The third-order valence-electron chi connectivity index (χ3n) is 8.98. The van der Waals surface area contributed by atoms with E-state index in [1.807, 2.05) is 29.0 Å². The number of carbonyl (C=O) groups is 3. The summed E-state index contributed by atoms with van der Waals surface area (Å²) < 4.78 is 15.7. The fourth-order valence-corrected chi connectivity index (χ4v) is 7.85. The molecule has 0 aliphatic rings. The summed E-state index contributed by atoms with van der Waals surface area (Å²) in [5, 5.41) is 55.0. The molecule has 408 valence electrons. The molecule has 23 nitrogen and oxygen atoms in total. The van der Waals surface area contributed by atoms with Gasteiger partial charge in [-0.05, 0) is 82.9 Å². The van der Waals surface area contributed by atoms with E-state index in [1.165, 1.54) is 88.6 Å². The third kappa shape index (κ3) is 20.3. The van der Waals surface area contributed by atoms with Gasteiger partial charge >= 0.3 is 41.8 Å². The molecule has 0 saturated heterocycles. The lowest BCUT2D eigenvalue weighted by Gasteiger charge is -2.19. The Labute approximate surface area is 472 Å². The first-order valence-corrected chi connectivity index (χ1v) is 24.7. The molecule has 6 aromatic heterocycles. The molecule has 3 aromatic carbocycles. The van der Waals surface area contributed by atoms with Crippen molar-refractivity contribution in [2.24, 2.45) is 0 Å². The zero-order valence-electron chi connectivity index (χ0n) is 39.0. The highest BCUT2D eigenvalue weighted by Gasteiger charge is 2.36. The summed E-state index contributed by atoms with van der Waals surface area (Å²) in [6, 6.07) is 43.5. The Balaban J connectivity index is 0.000000294. The second-order valence-corrected chi connectivity index (χ2v) is 17.7. The maximum Gasteiger partial charge on any atom is 0.499 e. The van der Waals surface area contributed by atoms with Gasteiger partial charge in [0, 0.05) is 34.6 Å². The molecule has 0 unspecified atom stereocenters. The molecule has 79 heavy (non-hydrogen) atoms. The van der Waals surface area contributed by atoms with E-state index in [-0.39, 0.29) is 54.5 Å². The summed E-state index contributed by atoms with van der Waals surface area (Å²) >= 11 is 14.6. The van der Waals surface area contributed by atoms with Gasteiger partial charge in [0.1, 0.15) is 22.4 Å². The van der Waals surface area contributed by atoms with E-state index in [9.17, 15) is 44.7 Å². The molecule has 0 spiro atoms. The summed E-state index contributed by atoms with van der Waals surface area (Å²) in [6.45, 7) is 0. The first kappa shape index (κ1) is 64.1. The van der Waals surface area contributed by atoms with Crippen molar-refractivity contribution in [3.05, 3.63) is 215 Å². The molecule has 0 saturated carbocycles. The van der Waals surface area contributed by atoms with Gasteiger partial charge in [0.15, 0.2) is 0 Å². The van der Waals surface area contributed by atoms with Crippen LogP contribution in [0.5, 0.6) is 17.2 Å². The molecular weight excluding hydrogens is 1130 g/mol. The highest BCUT2D eigenvalue weighted by molar-refractivity contribution is 7.20. The van der Waals surface area contributed by atoms with E-state index in [4.69, 9.17) is 54.2 Å². The minimum absolute atomic E-state index is 0. The number of rotatable bonds is 10. The second-order valence-electron chi connectivity index (χ2n) is 14.1. The Morgan fingerprint density at radius 3 is 1.27 bits per heavy atom. The van der Waals surface area contributed by atoms with Crippen LogP contribution < -0.4 is 35.4 Å². The molecule has 0 bridgehead atoms. The molecule has 0 radical (unpaired) electrons. The number of hydrogen-bond acceptors (Lipinski definition) is 22. The van der Waals surface area contributed by atoms with Gasteiger partial charge in [-0.25, -0.2) is 29.3 Å². The minimum Gasteiger partial charge on any atom is -0.423 e. The zero-order chi connectivity index (χ0) is 55.9. The lowest BCUT2D eigenvalue weighted by molar-refractivity contribution is -0.384. The van der Waals surface area contributed by atoms with Crippen LogP contribution in [0.25, 0.3) is 21.1 Å². The smallest absolute Gasteiger partial charge is 0.423 e. The van der Waals surface area contributed by atoms with Crippen LogP contribution in [0.15, 0.2) is 180 Å². The molecule has 6 N–H and O–H groups in total. The number of pyridine rings is 3. The molecule has 0 aliphatic carbocycles. The summed E-state index contributed by atoms with van der Waals surface area (Å²) in [7, 11) is -1.30. The van der Waals surface area contributed by atoms with Gasteiger partial charge in [-0.15, -0.1) is 22.7 Å². The largest absolute Gasteiger partial charge is 0.499 e. The number of nitro groups is 3. The number of amides is 2. The lowest BCUT2D eigenvalue weighted by atomic mass is 9.90. The number of ether oxygens (including phenoxy) is 3. The quantitative estimate of drug-likeness (QED) is 0.0325. The standard InChI is InChI=1S/C23H15N3O6S.C9H7N3O2S.C7H5ClO2.C5H4ClN3O2.C4H5BO2S.2CH4/c27-22(31-16-8-3-1-4-9-16)25(23(28)32-17-10-5-2-6-11-17)21-19(26(29)30)14-13-18(24-21)20-12-7-15-33-20;10-9-7(12(13)14)4-3-6(11-9)8-2-1-5-15-8;8-7(9)10-6-4-2-1-3-5-6;6-4-2-1-3(9(10)11)5(7)8-4;6-5(7)4-2-1-3-8-4;;/h1-15H;1-5H,(H2,10,11);1-5H;1-2H,(H2,7,8);1-3,6-7H;2*1H4. The molecule has 6 heterocycles. The van der Waals surface area contributed by atoms with E-state index in [0.717, 1.165) is 4.88 Å². The Hall–Kier alpha value is -9.22. The zero-order valence-corrected chi connectivity index (χ0v) is 42.9. The number of aromatic nitrogens is 3. The predicted octanol–water partition coefficient (Wildman–Crippen LogP) is 12.6. The fourth-order valence-electron chi connectivity index (χ4n) is 5.63. The molecule has 0 aliphatic heterocycles. The number of benzene rings is 3. The van der Waals surface area contributed by atoms with E-state index in [1.54, 1.807) is 96.4 Å². The summed E-state index contributed by atoms with van der Waals surface area (Å²) in [4.78, 5) is 80.6. The van der Waals surface area contributed by atoms with E-state index < -0.39 is 51.0 Å². The van der Waals surface area contributed by atoms with Crippen molar-refractivity contribution in [3.63, 3.8) is 0 Å². The normalized spacial score (nSPS) is 9.62. The maximum atomic E-state index is 13.1. The first-order valence-electron chi connectivity index (χ1n) is 21.3. The second kappa shape index (κ2) is 32.4. The number of nitrogens with two attached hydrogens (primary N) is 2. The molecule has 0 atom stereocenters. The van der Waals surface area contributed by atoms with E-state index in [2.05, 4.69) is 19.7 Å². The molecular formula is C50H44BCl2N9O14S3. The van der Waals surface area contributed by atoms with E-state index >= 15 is 0 Å². The number of imide groups is 1. The SMILES string of the molecule is C.C.Nc1nc(-c2cccs2)ccc1[N+](=O)[O-].Nc1nc(Cl)ccc1[N+](=O)[O-].O=C(Cl)Oc1ccccc1.O=C(Oc1ccccc1)N(C(=O)Oc1ccccc1)c1nc(-c2cccs2)ccc1[N+](=O)[O-].OB(O)c1cccs1. The molecule has 9 rings (SSSR count). The van der Waals surface area contributed by atoms with Crippen LogP contribution in [-0.4, -0.2) is 64.5 Å². The Morgan fingerprint density at radius 2 is 0.911 bits per heavy atom. The van der Waals surface area contributed by atoms with Gasteiger partial charge in [0.2, 0.25) is 17.5 Å². The molecule has 0 fully saturated rings. The monoisotopic (exact) mass is 1170 g/mol. The van der Waals surface area contributed by atoms with Crippen molar-refractivity contribution in [1.82, 2.24) is 15.0 Å². The van der Waals surface area contributed by atoms with Gasteiger partial charge in [0.05, 0.1) is 35.9 Å². The van der Waals surface area contributed by atoms with Gasteiger partial charge in [-0.2, -0.15) is 16.2 Å². The van der Waals surface area contributed by atoms with Crippen molar-refractivity contribution in [2.45, 2.75) is 14.9 Å². The Bertz CT molecular complexity index is 3330. The third-order valence-corrected chi connectivity index (χ3v) is 12.0. The molecule has 9 aromatic rings. The highest BCUT2D eigenvalue weighted by atomic mass is 35.5. The number of nitrogen functional groups attached to an aromatic ring is 2. The Morgan fingerprint density at radius 1 is 0.519 bits per heavy atom. The van der Waals surface area contributed by atoms with Crippen LogP contribution in [0.4, 0.5) is 48.9 Å². The van der Waals surface area contributed by atoms with Gasteiger partial charge in [0.25, 0.3) is 0 Å². The topological polar surface area (TPSA) is 343 Å².